The van der Waals surface area contributed by atoms with Crippen LogP contribution in [0.2, 0.25) is 0 Å². The summed E-state index contributed by atoms with van der Waals surface area (Å²) in [6, 6.07) is 0. The van der Waals surface area contributed by atoms with E-state index in [1.54, 1.807) is 0 Å². The van der Waals surface area contributed by atoms with Gasteiger partial charge in [0.05, 0.1) is 5.71 Å². The van der Waals surface area contributed by atoms with E-state index in [2.05, 4.69) is 25.1 Å². The van der Waals surface area contributed by atoms with Gasteiger partial charge in [-0.2, -0.15) is 0 Å². The molecule has 12 heavy (non-hydrogen) atoms. The van der Waals surface area contributed by atoms with Crippen molar-refractivity contribution in [1.82, 2.24) is 0 Å². The molecule has 0 aromatic heterocycles. The van der Waals surface area contributed by atoms with Gasteiger partial charge in [-0.05, 0) is 37.2 Å². The maximum Gasteiger partial charge on any atom is 0.0826 e. The number of hydrogen-bond acceptors (Lipinski definition) is 2. The largest absolute Gasteiger partial charge is 0.411 e. The monoisotopic (exact) mass is 167 g/mol. The normalized spacial score (nSPS) is 26.6. The van der Waals surface area contributed by atoms with Crippen molar-refractivity contribution in [3.05, 3.63) is 11.6 Å². The Labute approximate surface area is 74.0 Å². The Morgan fingerprint density at radius 2 is 2.17 bits per heavy atom. The summed E-state index contributed by atoms with van der Waals surface area (Å²) < 4.78 is 0. The lowest BCUT2D eigenvalue weighted by molar-refractivity contribution is 0.307. The molecule has 0 fully saturated rings. The van der Waals surface area contributed by atoms with Gasteiger partial charge in [0.1, 0.15) is 0 Å². The summed E-state index contributed by atoms with van der Waals surface area (Å²) in [4.78, 5) is 0. The zero-order chi connectivity index (χ0) is 9.19. The molecule has 0 amide bonds. The highest BCUT2D eigenvalue weighted by molar-refractivity contribution is 5.99. The molecule has 1 N–H and O–H groups in total. The second kappa shape index (κ2) is 3.30. The van der Waals surface area contributed by atoms with E-state index in [-0.39, 0.29) is 5.41 Å². The van der Waals surface area contributed by atoms with Gasteiger partial charge in [-0.1, -0.05) is 25.1 Å². The maximum absolute atomic E-state index is 8.77. The minimum Gasteiger partial charge on any atom is -0.411 e. The molecule has 0 bridgehead atoms. The Kier molecular flexibility index (Phi) is 2.55. The maximum atomic E-state index is 8.77. The van der Waals surface area contributed by atoms with Crippen LogP contribution in [0.5, 0.6) is 0 Å². The molecule has 0 saturated heterocycles. The SMILES string of the molecule is CC1=CCCC(C)(C)C/C1=N\O. The smallest absolute Gasteiger partial charge is 0.0826 e. The molecule has 0 spiro atoms. The van der Waals surface area contributed by atoms with Crippen LogP contribution in [0.3, 0.4) is 0 Å². The molecule has 2 heteroatoms. The van der Waals surface area contributed by atoms with Crippen LogP contribution >= 0.6 is 0 Å². The molecule has 1 rings (SSSR count). The Bertz CT molecular complexity index is 226. The fourth-order valence-corrected chi connectivity index (χ4v) is 1.59. The first-order valence-corrected chi connectivity index (χ1v) is 4.43. The molecule has 68 valence electrons. The van der Waals surface area contributed by atoms with Crippen molar-refractivity contribution in [3.63, 3.8) is 0 Å². The van der Waals surface area contributed by atoms with Gasteiger partial charge in [0.2, 0.25) is 0 Å². The van der Waals surface area contributed by atoms with E-state index in [0.29, 0.717) is 0 Å². The van der Waals surface area contributed by atoms with Crippen LogP contribution in [0.15, 0.2) is 16.8 Å². The highest BCUT2D eigenvalue weighted by atomic mass is 16.4. The van der Waals surface area contributed by atoms with E-state index < -0.39 is 0 Å². The average molecular weight is 167 g/mol. The minimum absolute atomic E-state index is 0.274. The van der Waals surface area contributed by atoms with Gasteiger partial charge in [0, 0.05) is 0 Å². The molecule has 0 aromatic carbocycles. The standard InChI is InChI=1S/C10H17NO/c1-8-5-4-6-10(2,3)7-9(8)11-12/h5,12H,4,6-7H2,1-3H3/b11-9+. The molecular formula is C10H17NO. The third-order valence-electron chi connectivity index (χ3n) is 2.49. The lowest BCUT2D eigenvalue weighted by atomic mass is 9.84. The number of nitrogens with zero attached hydrogens (tertiary/aromatic N) is 1. The molecule has 1 aliphatic carbocycles. The first-order chi connectivity index (χ1) is 5.55. The summed E-state index contributed by atoms with van der Waals surface area (Å²) in [5.74, 6) is 0. The summed E-state index contributed by atoms with van der Waals surface area (Å²) in [6.07, 6.45) is 5.30. The van der Waals surface area contributed by atoms with Gasteiger partial charge < -0.3 is 5.21 Å². The Morgan fingerprint density at radius 3 is 2.75 bits per heavy atom. The molecule has 0 unspecified atom stereocenters. The molecule has 0 heterocycles. The van der Waals surface area contributed by atoms with Crippen molar-refractivity contribution < 1.29 is 5.21 Å². The molecule has 0 radical (unpaired) electrons. The van der Waals surface area contributed by atoms with Crippen molar-refractivity contribution >= 4 is 5.71 Å². The van der Waals surface area contributed by atoms with Crippen LogP contribution < -0.4 is 0 Å². The molecule has 2 nitrogen and oxygen atoms in total. The minimum atomic E-state index is 0.274. The van der Waals surface area contributed by atoms with Gasteiger partial charge in [-0.3, -0.25) is 0 Å². The fraction of sp³-hybridized carbons (Fsp3) is 0.700. The number of oxime groups is 1. The second-order valence-electron chi connectivity index (χ2n) is 4.31. The third kappa shape index (κ3) is 2.10. The summed E-state index contributed by atoms with van der Waals surface area (Å²) in [6.45, 7) is 6.44. The van der Waals surface area contributed by atoms with Gasteiger partial charge in [0.25, 0.3) is 0 Å². The summed E-state index contributed by atoms with van der Waals surface area (Å²) in [5.41, 5.74) is 2.25. The third-order valence-corrected chi connectivity index (χ3v) is 2.49. The molecule has 0 saturated carbocycles. The molecule has 0 aromatic rings. The number of hydrogen-bond donors (Lipinski definition) is 1. The quantitative estimate of drug-likeness (QED) is 0.436. The van der Waals surface area contributed by atoms with E-state index in [1.165, 1.54) is 6.42 Å². The van der Waals surface area contributed by atoms with E-state index in [1.807, 2.05) is 6.92 Å². The van der Waals surface area contributed by atoms with Crippen molar-refractivity contribution in [2.24, 2.45) is 10.6 Å². The molecule has 0 aliphatic heterocycles. The number of rotatable bonds is 0. The zero-order valence-electron chi connectivity index (χ0n) is 8.09. The van der Waals surface area contributed by atoms with Crippen LogP contribution in [0.4, 0.5) is 0 Å². The Balaban J connectivity index is 2.84. The van der Waals surface area contributed by atoms with Gasteiger partial charge in [-0.25, -0.2) is 0 Å². The van der Waals surface area contributed by atoms with Crippen molar-refractivity contribution in [2.45, 2.75) is 40.0 Å². The van der Waals surface area contributed by atoms with Gasteiger partial charge in [0.15, 0.2) is 0 Å². The topological polar surface area (TPSA) is 32.6 Å². The van der Waals surface area contributed by atoms with Crippen LogP contribution in [0.1, 0.15) is 40.0 Å². The molecule has 1 aliphatic rings. The first kappa shape index (κ1) is 9.30. The Hall–Kier alpha value is -0.790. The summed E-state index contributed by atoms with van der Waals surface area (Å²) in [7, 11) is 0. The molecule has 0 atom stereocenters. The predicted molar refractivity (Wildman–Crippen MR) is 50.6 cm³/mol. The van der Waals surface area contributed by atoms with Crippen LogP contribution in [-0.4, -0.2) is 10.9 Å². The van der Waals surface area contributed by atoms with E-state index >= 15 is 0 Å². The van der Waals surface area contributed by atoms with E-state index in [9.17, 15) is 0 Å². The summed E-state index contributed by atoms with van der Waals surface area (Å²) in [5, 5.41) is 12.1. The van der Waals surface area contributed by atoms with Crippen molar-refractivity contribution in [1.29, 1.82) is 0 Å². The highest BCUT2D eigenvalue weighted by Gasteiger charge is 2.23. The summed E-state index contributed by atoms with van der Waals surface area (Å²) >= 11 is 0. The Morgan fingerprint density at radius 1 is 1.50 bits per heavy atom. The van der Waals surface area contributed by atoms with Crippen LogP contribution in [0, 0.1) is 5.41 Å². The average Bonchev–Trinajstić information content (AvgIpc) is 2.10. The van der Waals surface area contributed by atoms with Crippen LogP contribution in [0.25, 0.3) is 0 Å². The van der Waals surface area contributed by atoms with Crippen molar-refractivity contribution in [2.75, 3.05) is 0 Å². The van der Waals surface area contributed by atoms with Crippen molar-refractivity contribution in [3.8, 4) is 0 Å². The fourth-order valence-electron chi connectivity index (χ4n) is 1.59. The lowest BCUT2D eigenvalue weighted by Crippen LogP contribution is -2.15. The van der Waals surface area contributed by atoms with E-state index in [4.69, 9.17) is 5.21 Å². The second-order valence-corrected chi connectivity index (χ2v) is 4.31. The molecular weight excluding hydrogens is 150 g/mol. The first-order valence-electron chi connectivity index (χ1n) is 4.43. The highest BCUT2D eigenvalue weighted by Crippen LogP contribution is 2.31. The lowest BCUT2D eigenvalue weighted by Gasteiger charge is -2.21. The van der Waals surface area contributed by atoms with E-state index in [0.717, 1.165) is 24.1 Å². The van der Waals surface area contributed by atoms with Gasteiger partial charge >= 0.3 is 0 Å². The van der Waals surface area contributed by atoms with Crippen LogP contribution in [-0.2, 0) is 0 Å². The zero-order valence-corrected chi connectivity index (χ0v) is 8.09. The predicted octanol–water partition coefficient (Wildman–Crippen LogP) is 2.97. The van der Waals surface area contributed by atoms with Gasteiger partial charge in [-0.15, -0.1) is 0 Å². The number of allylic oxidation sites excluding steroid dienone is 2.